The summed E-state index contributed by atoms with van der Waals surface area (Å²) in [5, 5.41) is 8.51. The summed E-state index contributed by atoms with van der Waals surface area (Å²) in [6.07, 6.45) is 0. The van der Waals surface area contributed by atoms with E-state index in [0.717, 1.165) is 0 Å². The van der Waals surface area contributed by atoms with E-state index >= 15 is 0 Å². The van der Waals surface area contributed by atoms with E-state index in [1.165, 1.54) is 12.1 Å². The Morgan fingerprint density at radius 2 is 2.29 bits per heavy atom. The Kier molecular flexibility index (Phi) is 3.82. The van der Waals surface area contributed by atoms with Gasteiger partial charge in [-0.1, -0.05) is 0 Å². The summed E-state index contributed by atoms with van der Waals surface area (Å²) in [4.78, 5) is 10.4. The van der Waals surface area contributed by atoms with Gasteiger partial charge in [0.2, 0.25) is 5.76 Å². The van der Waals surface area contributed by atoms with Gasteiger partial charge in [0.25, 0.3) is 0 Å². The molecule has 0 amide bonds. The molecule has 1 aromatic heterocycles. The fourth-order valence-electron chi connectivity index (χ4n) is 0.887. The minimum Gasteiger partial charge on any atom is -0.475 e. The molecule has 0 bridgehead atoms. The van der Waals surface area contributed by atoms with Gasteiger partial charge in [-0.25, -0.2) is 4.79 Å². The number of hydrogen-bond donors (Lipinski definition) is 1. The first-order chi connectivity index (χ1) is 6.63. The standard InChI is InChI=1S/C8H9FO4S/c9-3-4-14(12)5-6-1-2-7(13-6)8(10)11/h1-2H,3-5H2,(H,10,11). The molecular weight excluding hydrogens is 211 g/mol. The zero-order valence-corrected chi connectivity index (χ0v) is 8.05. The highest BCUT2D eigenvalue weighted by Crippen LogP contribution is 2.10. The number of rotatable bonds is 5. The number of carbonyl (C=O) groups is 1. The van der Waals surface area contributed by atoms with Crippen LogP contribution < -0.4 is 0 Å². The van der Waals surface area contributed by atoms with Crippen molar-refractivity contribution < 1.29 is 22.9 Å². The Morgan fingerprint density at radius 1 is 1.57 bits per heavy atom. The Balaban J connectivity index is 2.59. The van der Waals surface area contributed by atoms with Crippen LogP contribution >= 0.6 is 0 Å². The molecule has 1 aromatic rings. The van der Waals surface area contributed by atoms with E-state index < -0.39 is 23.4 Å². The van der Waals surface area contributed by atoms with Crippen molar-refractivity contribution >= 4 is 16.8 Å². The first kappa shape index (κ1) is 10.9. The molecule has 1 N–H and O–H groups in total. The van der Waals surface area contributed by atoms with E-state index in [1.807, 2.05) is 0 Å². The van der Waals surface area contributed by atoms with Crippen LogP contribution in [0.3, 0.4) is 0 Å². The number of aromatic carboxylic acids is 1. The molecule has 1 atom stereocenters. The maximum absolute atomic E-state index is 11.8. The van der Waals surface area contributed by atoms with Gasteiger partial charge in [0.1, 0.15) is 12.4 Å². The third-order valence-electron chi connectivity index (χ3n) is 1.48. The molecule has 0 aliphatic rings. The third kappa shape index (κ3) is 2.95. The number of furan rings is 1. The number of carboxylic acids is 1. The lowest BCUT2D eigenvalue weighted by molar-refractivity contribution is 0.0661. The predicted octanol–water partition coefficient (Wildman–Crippen LogP) is 1.20. The van der Waals surface area contributed by atoms with Crippen LogP contribution in [0.1, 0.15) is 16.3 Å². The van der Waals surface area contributed by atoms with Crippen LogP contribution in [0, 0.1) is 0 Å². The minimum atomic E-state index is -1.33. The van der Waals surface area contributed by atoms with Crippen molar-refractivity contribution in [1.82, 2.24) is 0 Å². The highest BCUT2D eigenvalue weighted by molar-refractivity contribution is 7.84. The summed E-state index contributed by atoms with van der Waals surface area (Å²) < 4.78 is 27.7. The number of hydrogen-bond acceptors (Lipinski definition) is 3. The van der Waals surface area contributed by atoms with Crippen molar-refractivity contribution in [3.63, 3.8) is 0 Å². The SMILES string of the molecule is O=C(O)c1ccc(CS(=O)CCF)o1. The molecule has 0 aliphatic heterocycles. The zero-order valence-electron chi connectivity index (χ0n) is 7.23. The highest BCUT2D eigenvalue weighted by atomic mass is 32.2. The molecule has 0 aliphatic carbocycles. The summed E-state index contributed by atoms with van der Waals surface area (Å²) in [6, 6.07) is 2.71. The molecule has 0 fully saturated rings. The molecular formula is C8H9FO4S. The summed E-state index contributed by atoms with van der Waals surface area (Å²) in [5.74, 6) is -1.07. The molecule has 6 heteroatoms. The number of alkyl halides is 1. The van der Waals surface area contributed by atoms with Crippen LogP contribution in [-0.2, 0) is 16.6 Å². The van der Waals surface area contributed by atoms with E-state index in [9.17, 15) is 13.4 Å². The van der Waals surface area contributed by atoms with Crippen LogP contribution in [0.2, 0.25) is 0 Å². The van der Waals surface area contributed by atoms with Crippen molar-refractivity contribution in [2.75, 3.05) is 12.4 Å². The maximum atomic E-state index is 11.8. The lowest BCUT2D eigenvalue weighted by Crippen LogP contribution is -2.01. The smallest absolute Gasteiger partial charge is 0.371 e. The summed E-state index contributed by atoms with van der Waals surface area (Å²) in [6.45, 7) is -0.654. The van der Waals surface area contributed by atoms with Gasteiger partial charge in [-0.05, 0) is 12.1 Å². The third-order valence-corrected chi connectivity index (χ3v) is 2.70. The van der Waals surface area contributed by atoms with Crippen LogP contribution in [0.15, 0.2) is 16.5 Å². The monoisotopic (exact) mass is 220 g/mol. The van der Waals surface area contributed by atoms with Crippen LogP contribution in [-0.4, -0.2) is 27.7 Å². The molecule has 0 radical (unpaired) electrons. The van der Waals surface area contributed by atoms with E-state index in [0.29, 0.717) is 5.76 Å². The molecule has 0 saturated carbocycles. The van der Waals surface area contributed by atoms with E-state index in [2.05, 4.69) is 0 Å². The second-order valence-corrected chi connectivity index (χ2v) is 4.12. The molecule has 0 aromatic carbocycles. The lowest BCUT2D eigenvalue weighted by Gasteiger charge is -1.94. The second-order valence-electron chi connectivity index (χ2n) is 2.55. The van der Waals surface area contributed by atoms with Crippen molar-refractivity contribution in [3.05, 3.63) is 23.7 Å². The maximum Gasteiger partial charge on any atom is 0.371 e. The largest absolute Gasteiger partial charge is 0.475 e. The van der Waals surface area contributed by atoms with Gasteiger partial charge in [0.05, 0.1) is 11.5 Å². The fraction of sp³-hybridized carbons (Fsp3) is 0.375. The Morgan fingerprint density at radius 3 is 2.79 bits per heavy atom. The summed E-state index contributed by atoms with van der Waals surface area (Å²) in [7, 11) is -1.33. The van der Waals surface area contributed by atoms with Crippen molar-refractivity contribution in [1.29, 1.82) is 0 Å². The van der Waals surface area contributed by atoms with Gasteiger partial charge in [-0.3, -0.25) is 8.60 Å². The topological polar surface area (TPSA) is 67.5 Å². The lowest BCUT2D eigenvalue weighted by atomic mass is 10.4. The molecule has 1 rings (SSSR count). The van der Waals surface area contributed by atoms with Gasteiger partial charge >= 0.3 is 5.97 Å². The normalized spacial score (nSPS) is 12.6. The first-order valence-electron chi connectivity index (χ1n) is 3.86. The van der Waals surface area contributed by atoms with Crippen molar-refractivity contribution in [2.45, 2.75) is 5.75 Å². The number of carboxylic acid groups (broad SMARTS) is 1. The minimum absolute atomic E-state index is 0.0525. The zero-order chi connectivity index (χ0) is 10.6. The second kappa shape index (κ2) is 4.90. The highest BCUT2D eigenvalue weighted by Gasteiger charge is 2.10. The average Bonchev–Trinajstić information content (AvgIpc) is 2.53. The van der Waals surface area contributed by atoms with Crippen molar-refractivity contribution in [3.8, 4) is 0 Å². The molecule has 4 nitrogen and oxygen atoms in total. The van der Waals surface area contributed by atoms with Crippen LogP contribution in [0.5, 0.6) is 0 Å². The quantitative estimate of drug-likeness (QED) is 0.809. The Hall–Kier alpha value is -1.17. The molecule has 1 heterocycles. The van der Waals surface area contributed by atoms with Crippen LogP contribution in [0.25, 0.3) is 0 Å². The first-order valence-corrected chi connectivity index (χ1v) is 5.35. The predicted molar refractivity (Wildman–Crippen MR) is 48.4 cm³/mol. The van der Waals surface area contributed by atoms with Gasteiger partial charge in [-0.2, -0.15) is 0 Å². The number of halogens is 1. The van der Waals surface area contributed by atoms with Gasteiger partial charge < -0.3 is 9.52 Å². The Labute approximate surface area is 82.2 Å². The van der Waals surface area contributed by atoms with Crippen LogP contribution in [0.4, 0.5) is 4.39 Å². The molecule has 1 unspecified atom stereocenters. The molecule has 78 valence electrons. The van der Waals surface area contributed by atoms with E-state index in [4.69, 9.17) is 9.52 Å². The summed E-state index contributed by atoms with van der Waals surface area (Å²) in [5.41, 5.74) is 0. The molecule has 0 spiro atoms. The van der Waals surface area contributed by atoms with Crippen molar-refractivity contribution in [2.24, 2.45) is 0 Å². The molecule has 14 heavy (non-hydrogen) atoms. The van der Waals surface area contributed by atoms with Gasteiger partial charge in [0.15, 0.2) is 0 Å². The summed E-state index contributed by atoms with van der Waals surface area (Å²) >= 11 is 0. The van der Waals surface area contributed by atoms with Gasteiger partial charge in [0, 0.05) is 10.8 Å². The van der Waals surface area contributed by atoms with Gasteiger partial charge in [-0.15, -0.1) is 0 Å². The Bertz CT molecular complexity index is 347. The molecule has 0 saturated heterocycles. The van der Waals surface area contributed by atoms with E-state index in [1.54, 1.807) is 0 Å². The average molecular weight is 220 g/mol. The van der Waals surface area contributed by atoms with E-state index in [-0.39, 0.29) is 17.3 Å². The fourth-order valence-corrected chi connectivity index (χ4v) is 1.68.